The first-order valence-corrected chi connectivity index (χ1v) is 7.20. The number of aliphatic hydroxyl groups is 6. The molecular weight excluding hydrogens is 332 g/mol. The van der Waals surface area contributed by atoms with Crippen LogP contribution in [0.4, 0.5) is 0 Å². The lowest BCUT2D eigenvalue weighted by Crippen LogP contribution is -3.00. The van der Waals surface area contributed by atoms with Gasteiger partial charge in [-0.25, -0.2) is 0 Å². The van der Waals surface area contributed by atoms with Gasteiger partial charge in [0.2, 0.25) is 0 Å². The van der Waals surface area contributed by atoms with Gasteiger partial charge in [0.05, 0.1) is 33.9 Å². The Balaban J connectivity index is 0. The molecule has 0 unspecified atom stereocenters. The fourth-order valence-electron chi connectivity index (χ4n) is 1.88. The quantitative estimate of drug-likeness (QED) is 0.143. The lowest BCUT2D eigenvalue weighted by atomic mass is 10.0. The molecule has 140 valence electrons. The lowest BCUT2D eigenvalue weighted by molar-refractivity contribution is -0.890. The third-order valence-corrected chi connectivity index (χ3v) is 3.47. The molecule has 0 radical (unpaired) electrons. The van der Waals surface area contributed by atoms with Gasteiger partial charge in [-0.3, -0.25) is 4.79 Å². The zero-order valence-corrected chi connectivity index (χ0v) is 14.2. The molecule has 9 nitrogen and oxygen atoms in total. The number of aliphatic hydroxyl groups excluding tert-OH is 6. The van der Waals surface area contributed by atoms with Crippen LogP contribution in [0.3, 0.4) is 0 Å². The van der Waals surface area contributed by atoms with Gasteiger partial charge in [-0.2, -0.15) is 0 Å². The van der Waals surface area contributed by atoms with Crippen LogP contribution < -0.4 is 17.7 Å². The molecule has 0 aliphatic carbocycles. The van der Waals surface area contributed by atoms with Crippen molar-refractivity contribution in [1.29, 1.82) is 0 Å². The van der Waals surface area contributed by atoms with Crippen LogP contribution in [-0.2, 0) is 4.79 Å². The molecule has 0 spiro atoms. The van der Waals surface area contributed by atoms with Gasteiger partial charge in [-0.1, -0.05) is 0 Å². The summed E-state index contributed by atoms with van der Waals surface area (Å²) in [6.07, 6.45) is -6.68. The molecule has 0 bridgehead atoms. The van der Waals surface area contributed by atoms with E-state index in [0.717, 1.165) is 0 Å². The van der Waals surface area contributed by atoms with Crippen LogP contribution >= 0.6 is 0 Å². The Morgan fingerprint density at radius 1 is 1.04 bits per heavy atom. The van der Waals surface area contributed by atoms with Crippen LogP contribution in [0, 0.1) is 0 Å². The van der Waals surface area contributed by atoms with Crippen LogP contribution in [0.5, 0.6) is 0 Å². The van der Waals surface area contributed by atoms with Crippen molar-refractivity contribution < 1.29 is 52.3 Å². The molecule has 10 heteroatoms. The van der Waals surface area contributed by atoms with Crippen molar-refractivity contribution >= 4 is 5.91 Å². The van der Waals surface area contributed by atoms with Crippen molar-refractivity contribution in [3.63, 3.8) is 0 Å². The smallest absolute Gasteiger partial charge is 0.251 e. The second-order valence-electron chi connectivity index (χ2n) is 5.93. The normalized spacial score (nSPS) is 16.9. The predicted octanol–water partition coefficient (Wildman–Crippen LogP) is -7.00. The third-order valence-electron chi connectivity index (χ3n) is 3.47. The first-order valence-electron chi connectivity index (χ1n) is 7.20. The van der Waals surface area contributed by atoms with Gasteiger partial charge in [0.1, 0.15) is 24.9 Å². The maximum atomic E-state index is 11.6. The van der Waals surface area contributed by atoms with Crippen molar-refractivity contribution in [2.24, 2.45) is 0 Å². The van der Waals surface area contributed by atoms with E-state index in [-0.39, 0.29) is 25.6 Å². The molecule has 0 aromatic rings. The van der Waals surface area contributed by atoms with E-state index in [1.807, 2.05) is 14.1 Å². The number of likely N-dealkylation sites (N-methyl/N-ethyl adjacent to an activating group) is 1. The number of hydrogen-bond acceptors (Lipinski definition) is 7. The molecule has 0 rings (SSSR count). The Morgan fingerprint density at radius 2 is 1.61 bits per heavy atom. The monoisotopic (exact) mass is 360 g/mol. The van der Waals surface area contributed by atoms with E-state index in [1.54, 1.807) is 0 Å². The number of halogens is 1. The van der Waals surface area contributed by atoms with Crippen LogP contribution in [0.1, 0.15) is 6.42 Å². The van der Waals surface area contributed by atoms with Crippen molar-refractivity contribution in [2.75, 3.05) is 46.9 Å². The molecule has 1 amide bonds. The molecule has 0 aliphatic heterocycles. The van der Waals surface area contributed by atoms with E-state index in [1.165, 1.54) is 0 Å². The summed E-state index contributed by atoms with van der Waals surface area (Å²) in [5, 5.41) is 57.7. The van der Waals surface area contributed by atoms with Crippen molar-refractivity contribution in [3.05, 3.63) is 0 Å². The molecule has 7 N–H and O–H groups in total. The Morgan fingerprint density at radius 3 is 2.09 bits per heavy atom. The molecular formula is C13H29ClN2O7. The van der Waals surface area contributed by atoms with Gasteiger partial charge in [0, 0.05) is 13.0 Å². The topological polar surface area (TPSA) is 150 Å². The van der Waals surface area contributed by atoms with E-state index in [0.29, 0.717) is 24.0 Å². The Kier molecular flexibility index (Phi) is 12.8. The van der Waals surface area contributed by atoms with E-state index < -0.39 is 36.9 Å². The highest BCUT2D eigenvalue weighted by Gasteiger charge is 2.33. The number of rotatable bonds is 11. The maximum absolute atomic E-state index is 11.6. The standard InChI is InChI=1S/C13H28N2O7.ClH/c1-15(2,6-7-16)5-3-4-14-13(22)12(21)11(20)10(19)9(18)8-17;/h9-12,16-21H,3-8H2,1-2H3;1H/t9-,10-,11+,12-;/m1./s1. The Hall–Kier alpha value is -0.520. The summed E-state index contributed by atoms with van der Waals surface area (Å²) in [6, 6.07) is 0. The van der Waals surface area contributed by atoms with Gasteiger partial charge in [0.25, 0.3) is 5.91 Å². The predicted molar refractivity (Wildman–Crippen MR) is 77.7 cm³/mol. The summed E-state index contributed by atoms with van der Waals surface area (Å²) in [4.78, 5) is 11.6. The van der Waals surface area contributed by atoms with Crippen molar-refractivity contribution in [1.82, 2.24) is 5.32 Å². The zero-order valence-electron chi connectivity index (χ0n) is 13.5. The highest BCUT2D eigenvalue weighted by molar-refractivity contribution is 5.81. The minimum atomic E-state index is -1.91. The molecule has 0 aliphatic rings. The van der Waals surface area contributed by atoms with E-state index in [4.69, 9.17) is 15.3 Å². The van der Waals surface area contributed by atoms with E-state index in [2.05, 4.69) is 5.32 Å². The second-order valence-corrected chi connectivity index (χ2v) is 5.93. The Labute approximate surface area is 142 Å². The molecule has 0 heterocycles. The van der Waals surface area contributed by atoms with Crippen LogP contribution in [0.25, 0.3) is 0 Å². The van der Waals surface area contributed by atoms with Gasteiger partial charge < -0.3 is 52.8 Å². The highest BCUT2D eigenvalue weighted by atomic mass is 35.5. The first kappa shape index (κ1) is 24.7. The molecule has 0 aromatic carbocycles. The first-order chi connectivity index (χ1) is 10.2. The van der Waals surface area contributed by atoms with Gasteiger partial charge in [0.15, 0.2) is 6.10 Å². The molecule has 0 aromatic heterocycles. The number of amides is 1. The summed E-state index contributed by atoms with van der Waals surface area (Å²) in [5.41, 5.74) is 0. The SMILES string of the molecule is C[N+](C)(CCO)CCCNC(=O)[C@H](O)[C@@H](O)[C@H](O)[C@H](O)CO.[Cl-]. The lowest BCUT2D eigenvalue weighted by Gasteiger charge is -2.29. The fraction of sp³-hybridized carbons (Fsp3) is 0.923. The van der Waals surface area contributed by atoms with Crippen LogP contribution in [0.15, 0.2) is 0 Å². The maximum Gasteiger partial charge on any atom is 0.251 e. The minimum absolute atomic E-state index is 0. The second kappa shape index (κ2) is 11.9. The molecule has 4 atom stereocenters. The largest absolute Gasteiger partial charge is 1.00 e. The van der Waals surface area contributed by atoms with Crippen molar-refractivity contribution in [2.45, 2.75) is 30.8 Å². The average molecular weight is 361 g/mol. The van der Waals surface area contributed by atoms with Crippen molar-refractivity contribution in [3.8, 4) is 0 Å². The van der Waals surface area contributed by atoms with E-state index >= 15 is 0 Å². The third kappa shape index (κ3) is 9.38. The van der Waals surface area contributed by atoms with Gasteiger partial charge in [-0.05, 0) is 0 Å². The van der Waals surface area contributed by atoms with Gasteiger partial charge >= 0.3 is 0 Å². The number of carbonyl (C=O) groups is 1. The number of hydrogen-bond donors (Lipinski definition) is 7. The van der Waals surface area contributed by atoms with Gasteiger partial charge in [-0.15, -0.1) is 0 Å². The summed E-state index contributed by atoms with van der Waals surface area (Å²) >= 11 is 0. The fourth-order valence-corrected chi connectivity index (χ4v) is 1.88. The van der Waals surface area contributed by atoms with Crippen LogP contribution in [-0.4, -0.2) is 112 Å². The number of nitrogens with zero attached hydrogens (tertiary/aromatic N) is 1. The summed E-state index contributed by atoms with van der Waals surface area (Å²) in [6.45, 7) is 0.806. The number of carbonyl (C=O) groups excluding carboxylic acids is 1. The summed E-state index contributed by atoms with van der Waals surface area (Å²) < 4.78 is 0.582. The van der Waals surface area contributed by atoms with E-state index in [9.17, 15) is 20.1 Å². The average Bonchev–Trinajstić information content (AvgIpc) is 2.48. The minimum Gasteiger partial charge on any atom is -1.00 e. The molecule has 0 saturated heterocycles. The molecule has 23 heavy (non-hydrogen) atoms. The molecule has 0 fully saturated rings. The highest BCUT2D eigenvalue weighted by Crippen LogP contribution is 2.05. The summed E-state index contributed by atoms with van der Waals surface area (Å²) in [7, 11) is 3.87. The number of nitrogens with one attached hydrogen (secondary N) is 1. The Bertz CT molecular complexity index is 333. The molecule has 0 saturated carbocycles. The number of quaternary nitrogens is 1. The summed E-state index contributed by atoms with van der Waals surface area (Å²) in [5.74, 6) is -0.871. The van der Waals surface area contributed by atoms with Crippen LogP contribution in [0.2, 0.25) is 0 Å². The zero-order chi connectivity index (χ0) is 17.3.